The van der Waals surface area contributed by atoms with Crippen molar-refractivity contribution >= 4 is 5.82 Å². The van der Waals surface area contributed by atoms with Crippen LogP contribution in [-0.2, 0) is 12.8 Å². The fourth-order valence-corrected chi connectivity index (χ4v) is 2.11. The Morgan fingerprint density at radius 3 is 2.47 bits per heavy atom. The van der Waals surface area contributed by atoms with Gasteiger partial charge in [0.15, 0.2) is 0 Å². The van der Waals surface area contributed by atoms with Gasteiger partial charge in [-0.3, -0.25) is 0 Å². The van der Waals surface area contributed by atoms with Crippen LogP contribution in [0.25, 0.3) is 0 Å². The van der Waals surface area contributed by atoms with Crippen molar-refractivity contribution in [2.24, 2.45) is 0 Å². The van der Waals surface area contributed by atoms with E-state index in [9.17, 15) is 0 Å². The molecule has 0 amide bonds. The minimum Gasteiger partial charge on any atom is -0.384 e. The van der Waals surface area contributed by atoms with Gasteiger partial charge in [-0.1, -0.05) is 20.3 Å². The molecule has 1 aromatic rings. The maximum absolute atomic E-state index is 6.16. The molecule has 3 nitrogen and oxygen atoms in total. The molecule has 0 radical (unpaired) electrons. The van der Waals surface area contributed by atoms with E-state index in [0.29, 0.717) is 6.04 Å². The molecule has 1 heterocycles. The monoisotopic (exact) mass is 207 g/mol. The topological polar surface area (TPSA) is 43.8 Å². The number of aromatic nitrogens is 2. The van der Waals surface area contributed by atoms with E-state index < -0.39 is 0 Å². The Labute approximate surface area is 91.7 Å². The van der Waals surface area contributed by atoms with Crippen LogP contribution in [0.3, 0.4) is 0 Å². The van der Waals surface area contributed by atoms with E-state index in [1.165, 1.54) is 18.7 Å². The van der Waals surface area contributed by atoms with Crippen LogP contribution in [0.1, 0.15) is 57.1 Å². The molecule has 0 atom stereocenters. The summed E-state index contributed by atoms with van der Waals surface area (Å²) in [5, 5.41) is 0. The van der Waals surface area contributed by atoms with Crippen LogP contribution in [0.4, 0.5) is 5.82 Å². The van der Waals surface area contributed by atoms with Gasteiger partial charge in [-0.25, -0.2) is 4.98 Å². The SMILES string of the molecule is CCCc1nc(CCC)n(C2CC2)c1N. The van der Waals surface area contributed by atoms with E-state index >= 15 is 0 Å². The summed E-state index contributed by atoms with van der Waals surface area (Å²) < 4.78 is 2.29. The van der Waals surface area contributed by atoms with Crippen LogP contribution < -0.4 is 5.73 Å². The number of anilines is 1. The second-order valence-electron chi connectivity index (χ2n) is 4.46. The summed E-state index contributed by atoms with van der Waals surface area (Å²) in [6.45, 7) is 4.37. The maximum Gasteiger partial charge on any atom is 0.127 e. The van der Waals surface area contributed by atoms with Gasteiger partial charge in [-0.15, -0.1) is 0 Å². The summed E-state index contributed by atoms with van der Waals surface area (Å²) in [4.78, 5) is 4.69. The van der Waals surface area contributed by atoms with Crippen molar-refractivity contribution in [3.05, 3.63) is 11.5 Å². The molecular weight excluding hydrogens is 186 g/mol. The molecule has 15 heavy (non-hydrogen) atoms. The van der Waals surface area contributed by atoms with Crippen molar-refractivity contribution < 1.29 is 0 Å². The number of aryl methyl sites for hydroxylation is 2. The largest absolute Gasteiger partial charge is 0.384 e. The van der Waals surface area contributed by atoms with Crippen molar-refractivity contribution in [1.82, 2.24) is 9.55 Å². The average molecular weight is 207 g/mol. The molecule has 84 valence electrons. The number of imidazole rings is 1. The second kappa shape index (κ2) is 4.25. The molecule has 1 aliphatic rings. The summed E-state index contributed by atoms with van der Waals surface area (Å²) in [6, 6.07) is 0.657. The predicted molar refractivity (Wildman–Crippen MR) is 62.9 cm³/mol. The minimum absolute atomic E-state index is 0.657. The van der Waals surface area contributed by atoms with Crippen LogP contribution in [0.5, 0.6) is 0 Å². The zero-order chi connectivity index (χ0) is 10.8. The molecule has 0 spiro atoms. The molecule has 1 aliphatic carbocycles. The first-order valence-electron chi connectivity index (χ1n) is 6.13. The lowest BCUT2D eigenvalue weighted by atomic mass is 10.2. The van der Waals surface area contributed by atoms with Crippen LogP contribution in [-0.4, -0.2) is 9.55 Å². The average Bonchev–Trinajstić information content (AvgIpc) is 2.98. The van der Waals surface area contributed by atoms with Crippen molar-refractivity contribution in [3.8, 4) is 0 Å². The lowest BCUT2D eigenvalue weighted by Gasteiger charge is -2.06. The zero-order valence-corrected chi connectivity index (χ0v) is 9.79. The Morgan fingerprint density at radius 1 is 1.27 bits per heavy atom. The molecule has 1 aromatic heterocycles. The van der Waals surface area contributed by atoms with Crippen molar-refractivity contribution in [2.45, 2.75) is 58.4 Å². The molecule has 3 heteroatoms. The summed E-state index contributed by atoms with van der Waals surface area (Å²) in [6.07, 6.45) is 6.91. The van der Waals surface area contributed by atoms with Gasteiger partial charge in [0.05, 0.1) is 5.69 Å². The molecule has 0 aromatic carbocycles. The number of nitrogens with zero attached hydrogens (tertiary/aromatic N) is 2. The first-order valence-corrected chi connectivity index (χ1v) is 6.13. The van der Waals surface area contributed by atoms with Gasteiger partial charge in [0.1, 0.15) is 11.6 Å². The number of nitrogen functional groups attached to an aromatic ring is 1. The number of hydrogen-bond donors (Lipinski definition) is 1. The van der Waals surface area contributed by atoms with Gasteiger partial charge < -0.3 is 10.3 Å². The normalized spacial score (nSPS) is 15.9. The molecule has 0 bridgehead atoms. The smallest absolute Gasteiger partial charge is 0.127 e. The van der Waals surface area contributed by atoms with E-state index in [1.807, 2.05) is 0 Å². The highest BCUT2D eigenvalue weighted by Crippen LogP contribution is 2.39. The Balaban J connectivity index is 2.30. The van der Waals surface area contributed by atoms with Gasteiger partial charge in [0.25, 0.3) is 0 Å². The molecule has 0 unspecified atom stereocenters. The molecule has 1 saturated carbocycles. The van der Waals surface area contributed by atoms with Crippen LogP contribution in [0.15, 0.2) is 0 Å². The first-order chi connectivity index (χ1) is 7.27. The van der Waals surface area contributed by atoms with Gasteiger partial charge >= 0.3 is 0 Å². The Kier molecular flexibility index (Phi) is 2.98. The van der Waals surface area contributed by atoms with E-state index in [-0.39, 0.29) is 0 Å². The number of nitrogens with two attached hydrogens (primary N) is 1. The minimum atomic E-state index is 0.657. The highest BCUT2D eigenvalue weighted by molar-refractivity contribution is 5.39. The highest BCUT2D eigenvalue weighted by atomic mass is 15.2. The lowest BCUT2D eigenvalue weighted by Crippen LogP contribution is -2.05. The van der Waals surface area contributed by atoms with E-state index in [2.05, 4.69) is 23.4 Å². The summed E-state index contributed by atoms with van der Waals surface area (Å²) >= 11 is 0. The first kappa shape index (κ1) is 10.5. The molecule has 0 saturated heterocycles. The third-order valence-electron chi connectivity index (χ3n) is 2.97. The second-order valence-corrected chi connectivity index (χ2v) is 4.46. The summed E-state index contributed by atoms with van der Waals surface area (Å²) in [5.41, 5.74) is 7.28. The van der Waals surface area contributed by atoms with Gasteiger partial charge in [0, 0.05) is 12.5 Å². The Hall–Kier alpha value is -0.990. The number of hydrogen-bond acceptors (Lipinski definition) is 2. The zero-order valence-electron chi connectivity index (χ0n) is 9.79. The van der Waals surface area contributed by atoms with Crippen molar-refractivity contribution in [3.63, 3.8) is 0 Å². The van der Waals surface area contributed by atoms with Crippen LogP contribution in [0, 0.1) is 0 Å². The quantitative estimate of drug-likeness (QED) is 0.806. The fraction of sp³-hybridized carbons (Fsp3) is 0.750. The van der Waals surface area contributed by atoms with Crippen LogP contribution in [0.2, 0.25) is 0 Å². The molecular formula is C12H21N3. The van der Waals surface area contributed by atoms with Gasteiger partial charge in [0.2, 0.25) is 0 Å². The summed E-state index contributed by atoms with van der Waals surface area (Å²) in [5.74, 6) is 2.14. The van der Waals surface area contributed by atoms with Crippen LogP contribution >= 0.6 is 0 Å². The fourth-order valence-electron chi connectivity index (χ4n) is 2.11. The lowest BCUT2D eigenvalue weighted by molar-refractivity contribution is 0.676. The maximum atomic E-state index is 6.16. The standard InChI is InChI=1S/C12H21N3/c1-3-5-10-12(13)15(9-7-8-9)11(14-10)6-4-2/h9H,3-8,13H2,1-2H3. The Bertz CT molecular complexity index is 337. The van der Waals surface area contributed by atoms with Crippen molar-refractivity contribution in [1.29, 1.82) is 0 Å². The van der Waals surface area contributed by atoms with Gasteiger partial charge in [-0.05, 0) is 25.7 Å². The van der Waals surface area contributed by atoms with E-state index in [1.54, 1.807) is 0 Å². The Morgan fingerprint density at radius 2 is 1.93 bits per heavy atom. The molecule has 2 N–H and O–H groups in total. The third kappa shape index (κ3) is 2.01. The molecule has 0 aliphatic heterocycles. The summed E-state index contributed by atoms with van der Waals surface area (Å²) in [7, 11) is 0. The predicted octanol–water partition coefficient (Wildman–Crippen LogP) is 2.71. The third-order valence-corrected chi connectivity index (χ3v) is 2.97. The number of rotatable bonds is 5. The molecule has 1 fully saturated rings. The van der Waals surface area contributed by atoms with E-state index in [4.69, 9.17) is 5.73 Å². The van der Waals surface area contributed by atoms with E-state index in [0.717, 1.165) is 37.2 Å². The molecule has 2 rings (SSSR count). The highest BCUT2D eigenvalue weighted by Gasteiger charge is 2.28. The van der Waals surface area contributed by atoms with Gasteiger partial charge in [-0.2, -0.15) is 0 Å². The van der Waals surface area contributed by atoms with Crippen molar-refractivity contribution in [2.75, 3.05) is 5.73 Å².